The zero-order chi connectivity index (χ0) is 18.5. The molecule has 0 atom stereocenters. The van der Waals surface area contributed by atoms with Crippen LogP contribution in [-0.4, -0.2) is 22.2 Å². The van der Waals surface area contributed by atoms with Crippen LogP contribution in [0, 0.1) is 0 Å². The predicted octanol–water partition coefficient (Wildman–Crippen LogP) is 4.25. The number of carbonyl (C=O) groups is 2. The number of aromatic carboxylic acids is 2. The molecular formula is C20H16N2O4. The third-order valence-corrected chi connectivity index (χ3v) is 3.75. The zero-order valence-corrected chi connectivity index (χ0v) is 13.7. The lowest BCUT2D eigenvalue weighted by atomic mass is 10.1. The van der Waals surface area contributed by atoms with Gasteiger partial charge in [-0.3, -0.25) is 10.4 Å². The molecule has 3 rings (SSSR count). The summed E-state index contributed by atoms with van der Waals surface area (Å²) in [6.45, 7) is 0. The second-order valence-corrected chi connectivity index (χ2v) is 5.49. The van der Waals surface area contributed by atoms with E-state index in [0.717, 1.165) is 5.69 Å². The predicted molar refractivity (Wildman–Crippen MR) is 99.0 cm³/mol. The van der Waals surface area contributed by atoms with Gasteiger partial charge in [0.15, 0.2) is 0 Å². The van der Waals surface area contributed by atoms with E-state index in [1.54, 1.807) is 17.1 Å². The van der Waals surface area contributed by atoms with Crippen LogP contribution in [-0.2, 0) is 0 Å². The van der Waals surface area contributed by atoms with E-state index in [-0.39, 0.29) is 16.8 Å². The quantitative estimate of drug-likeness (QED) is 0.577. The summed E-state index contributed by atoms with van der Waals surface area (Å²) >= 11 is 0. The first-order chi connectivity index (χ1) is 12.6. The summed E-state index contributed by atoms with van der Waals surface area (Å²) < 4.78 is 0. The minimum absolute atomic E-state index is 0.000734. The van der Waals surface area contributed by atoms with Crippen molar-refractivity contribution in [2.75, 3.05) is 10.4 Å². The van der Waals surface area contributed by atoms with Crippen molar-refractivity contribution in [1.29, 1.82) is 0 Å². The summed E-state index contributed by atoms with van der Waals surface area (Å²) in [5, 5.41) is 20.4. The molecule has 0 saturated heterocycles. The maximum absolute atomic E-state index is 11.7. The number of hydrogen-bond acceptors (Lipinski definition) is 4. The van der Waals surface area contributed by atoms with Crippen molar-refractivity contribution in [3.8, 4) is 0 Å². The molecule has 26 heavy (non-hydrogen) atoms. The van der Waals surface area contributed by atoms with E-state index in [4.69, 9.17) is 0 Å². The topological polar surface area (TPSA) is 89.9 Å². The first-order valence-electron chi connectivity index (χ1n) is 7.84. The summed E-state index contributed by atoms with van der Waals surface area (Å²) in [4.78, 5) is 23.1. The monoisotopic (exact) mass is 348 g/mol. The lowest BCUT2D eigenvalue weighted by Gasteiger charge is -2.28. The smallest absolute Gasteiger partial charge is 0.337 e. The number of hydrogen-bond donors (Lipinski definition) is 3. The Morgan fingerprint density at radius 1 is 0.769 bits per heavy atom. The molecule has 130 valence electrons. The fourth-order valence-corrected chi connectivity index (χ4v) is 2.51. The second kappa shape index (κ2) is 7.40. The fraction of sp³-hybridized carbons (Fsp3) is 0. The largest absolute Gasteiger partial charge is 0.478 e. The lowest BCUT2D eigenvalue weighted by molar-refractivity contribution is 0.0682. The van der Waals surface area contributed by atoms with Gasteiger partial charge >= 0.3 is 11.9 Å². The minimum atomic E-state index is -1.15. The molecule has 0 aliphatic rings. The second-order valence-electron chi connectivity index (χ2n) is 5.49. The van der Waals surface area contributed by atoms with Crippen LogP contribution in [0.25, 0.3) is 0 Å². The van der Waals surface area contributed by atoms with Crippen molar-refractivity contribution in [2.24, 2.45) is 0 Å². The highest BCUT2D eigenvalue weighted by atomic mass is 16.4. The number of para-hydroxylation sites is 2. The van der Waals surface area contributed by atoms with Crippen LogP contribution in [0.1, 0.15) is 20.7 Å². The molecule has 0 saturated carbocycles. The van der Waals surface area contributed by atoms with Crippen molar-refractivity contribution in [1.82, 2.24) is 0 Å². The molecule has 0 unspecified atom stereocenters. The number of anilines is 3. The molecule has 3 aromatic rings. The Balaban J connectivity index is 2.16. The van der Waals surface area contributed by atoms with Gasteiger partial charge in [0, 0.05) is 0 Å². The van der Waals surface area contributed by atoms with Crippen LogP contribution in [0.15, 0.2) is 78.9 Å². The number of rotatable bonds is 6. The average molecular weight is 348 g/mol. The number of nitrogens with zero attached hydrogens (tertiary/aromatic N) is 1. The summed E-state index contributed by atoms with van der Waals surface area (Å²) in [6.07, 6.45) is 0. The van der Waals surface area contributed by atoms with Gasteiger partial charge < -0.3 is 10.2 Å². The summed E-state index contributed by atoms with van der Waals surface area (Å²) in [5.74, 6) is -2.27. The third-order valence-electron chi connectivity index (χ3n) is 3.75. The van der Waals surface area contributed by atoms with Crippen LogP contribution in [0.2, 0.25) is 0 Å². The van der Waals surface area contributed by atoms with Gasteiger partial charge in [-0.15, -0.1) is 0 Å². The van der Waals surface area contributed by atoms with Gasteiger partial charge in [-0.25, -0.2) is 9.59 Å². The molecular weight excluding hydrogens is 332 g/mol. The summed E-state index contributed by atoms with van der Waals surface area (Å²) in [7, 11) is 0. The number of carboxylic acid groups (broad SMARTS) is 2. The molecule has 0 amide bonds. The van der Waals surface area contributed by atoms with Crippen LogP contribution < -0.4 is 10.4 Å². The Kier molecular flexibility index (Phi) is 4.85. The summed E-state index contributed by atoms with van der Waals surface area (Å²) in [6, 6.07) is 22.2. The number of nitrogens with one attached hydrogen (secondary N) is 1. The first kappa shape index (κ1) is 17.0. The Morgan fingerprint density at radius 2 is 1.38 bits per heavy atom. The maximum Gasteiger partial charge on any atom is 0.337 e. The fourth-order valence-electron chi connectivity index (χ4n) is 2.51. The number of hydrazine groups is 1. The maximum atomic E-state index is 11.7. The minimum Gasteiger partial charge on any atom is -0.478 e. The molecule has 0 aliphatic carbocycles. The highest BCUT2D eigenvalue weighted by Crippen LogP contribution is 2.30. The molecule has 0 heterocycles. The van der Waals surface area contributed by atoms with Crippen LogP contribution in [0.3, 0.4) is 0 Å². The molecule has 0 aromatic heterocycles. The van der Waals surface area contributed by atoms with Gasteiger partial charge in [0.2, 0.25) is 0 Å². The molecule has 6 nitrogen and oxygen atoms in total. The Labute approximate surface area is 149 Å². The molecule has 0 radical (unpaired) electrons. The van der Waals surface area contributed by atoms with Crippen LogP contribution >= 0.6 is 0 Å². The Bertz CT molecular complexity index is 927. The highest BCUT2D eigenvalue weighted by Gasteiger charge is 2.20. The third kappa shape index (κ3) is 3.64. The van der Waals surface area contributed by atoms with E-state index in [9.17, 15) is 19.8 Å². The molecule has 6 heteroatoms. The van der Waals surface area contributed by atoms with Crippen LogP contribution in [0.4, 0.5) is 17.1 Å². The Morgan fingerprint density at radius 3 is 1.96 bits per heavy atom. The summed E-state index contributed by atoms with van der Waals surface area (Å²) in [5.41, 5.74) is 4.77. The van der Waals surface area contributed by atoms with Crippen molar-refractivity contribution in [3.05, 3.63) is 90.0 Å². The normalized spacial score (nSPS) is 10.2. The van der Waals surface area contributed by atoms with E-state index in [2.05, 4.69) is 5.43 Å². The van der Waals surface area contributed by atoms with Crippen molar-refractivity contribution in [2.45, 2.75) is 0 Å². The van der Waals surface area contributed by atoms with E-state index >= 15 is 0 Å². The van der Waals surface area contributed by atoms with Crippen molar-refractivity contribution >= 4 is 29.0 Å². The standard InChI is InChI=1S/C20H16N2O4/c23-19(24)14-11-12-17(20(25)26)18(13-14)22(16-9-5-2-6-10-16)21-15-7-3-1-4-8-15/h1-13,21H,(H,23,24)(H,25,26). The van der Waals surface area contributed by atoms with Gasteiger partial charge in [0.05, 0.1) is 28.2 Å². The van der Waals surface area contributed by atoms with E-state index in [1.165, 1.54) is 18.2 Å². The Hall–Kier alpha value is -3.80. The zero-order valence-electron chi connectivity index (χ0n) is 13.7. The van der Waals surface area contributed by atoms with Gasteiger partial charge in [0.25, 0.3) is 0 Å². The van der Waals surface area contributed by atoms with Gasteiger partial charge in [0.1, 0.15) is 0 Å². The first-order valence-corrected chi connectivity index (χ1v) is 7.84. The number of benzene rings is 3. The molecule has 0 bridgehead atoms. The highest BCUT2D eigenvalue weighted by molar-refractivity contribution is 5.99. The number of carboxylic acids is 2. The molecule has 3 aromatic carbocycles. The van der Waals surface area contributed by atoms with Gasteiger partial charge in [-0.2, -0.15) is 0 Å². The van der Waals surface area contributed by atoms with Crippen molar-refractivity contribution < 1.29 is 19.8 Å². The molecule has 3 N–H and O–H groups in total. The van der Waals surface area contributed by atoms with Crippen LogP contribution in [0.5, 0.6) is 0 Å². The SMILES string of the molecule is O=C(O)c1ccc(C(=O)O)c(N(Nc2ccccc2)c2ccccc2)c1. The molecule has 0 aliphatic heterocycles. The molecule has 0 spiro atoms. The van der Waals surface area contributed by atoms with Gasteiger partial charge in [-0.05, 0) is 42.5 Å². The van der Waals surface area contributed by atoms with E-state index < -0.39 is 11.9 Å². The molecule has 0 fully saturated rings. The average Bonchev–Trinajstić information content (AvgIpc) is 2.67. The van der Waals surface area contributed by atoms with Crippen molar-refractivity contribution in [3.63, 3.8) is 0 Å². The van der Waals surface area contributed by atoms with E-state index in [0.29, 0.717) is 5.69 Å². The van der Waals surface area contributed by atoms with Gasteiger partial charge in [-0.1, -0.05) is 36.4 Å². The van der Waals surface area contributed by atoms with E-state index in [1.807, 2.05) is 48.5 Å². The lowest BCUT2D eigenvalue weighted by Crippen LogP contribution is -2.26.